The molecule has 1 aromatic carbocycles. The lowest BCUT2D eigenvalue weighted by Gasteiger charge is -2.18. The first-order valence-electron chi connectivity index (χ1n) is 7.98. The lowest BCUT2D eigenvalue weighted by atomic mass is 9.88. The van der Waals surface area contributed by atoms with Gasteiger partial charge in [0.05, 0.1) is 5.69 Å². The predicted octanol–water partition coefficient (Wildman–Crippen LogP) is 5.78. The zero-order valence-electron chi connectivity index (χ0n) is 13.6. The number of pyridine rings is 1. The fourth-order valence-corrected chi connectivity index (χ4v) is 2.69. The Morgan fingerprint density at radius 1 is 0.955 bits per heavy atom. The molecule has 0 atom stereocenters. The molecule has 0 amide bonds. The zero-order chi connectivity index (χ0) is 15.6. The summed E-state index contributed by atoms with van der Waals surface area (Å²) in [5.41, 5.74) is 6.22. The molecule has 0 spiro atoms. The number of rotatable bonds is 2. The number of benzene rings is 1. The maximum absolute atomic E-state index is 4.66. The SMILES string of the molecule is CC(C)(C)c1ccc(-c2cccc(C3=CCCC=C3)c2)nc1. The van der Waals surface area contributed by atoms with Crippen LogP contribution >= 0.6 is 0 Å². The third-order valence-corrected chi connectivity index (χ3v) is 4.12. The monoisotopic (exact) mass is 289 g/mol. The van der Waals surface area contributed by atoms with E-state index < -0.39 is 0 Å². The first-order valence-corrected chi connectivity index (χ1v) is 7.98. The van der Waals surface area contributed by atoms with Gasteiger partial charge in [0.15, 0.2) is 0 Å². The van der Waals surface area contributed by atoms with Gasteiger partial charge in [-0.1, -0.05) is 63.3 Å². The molecule has 1 heterocycles. The summed E-state index contributed by atoms with van der Waals surface area (Å²) in [6.07, 6.45) is 11.1. The molecule has 112 valence electrons. The number of aromatic nitrogens is 1. The second-order valence-electron chi connectivity index (χ2n) is 6.90. The van der Waals surface area contributed by atoms with E-state index in [0.29, 0.717) is 0 Å². The van der Waals surface area contributed by atoms with Crippen molar-refractivity contribution in [3.63, 3.8) is 0 Å². The molecule has 1 aromatic heterocycles. The van der Waals surface area contributed by atoms with E-state index >= 15 is 0 Å². The second-order valence-corrected chi connectivity index (χ2v) is 6.90. The lowest BCUT2D eigenvalue weighted by molar-refractivity contribution is 0.587. The van der Waals surface area contributed by atoms with Crippen LogP contribution in [-0.2, 0) is 5.41 Å². The van der Waals surface area contributed by atoms with Crippen molar-refractivity contribution in [1.82, 2.24) is 4.98 Å². The highest BCUT2D eigenvalue weighted by Crippen LogP contribution is 2.27. The molecule has 0 radical (unpaired) electrons. The van der Waals surface area contributed by atoms with Crippen LogP contribution in [0.1, 0.15) is 44.7 Å². The Bertz CT molecular complexity index is 712. The van der Waals surface area contributed by atoms with Crippen molar-refractivity contribution in [2.75, 3.05) is 0 Å². The maximum Gasteiger partial charge on any atom is 0.0702 e. The van der Waals surface area contributed by atoms with Crippen LogP contribution in [0.3, 0.4) is 0 Å². The van der Waals surface area contributed by atoms with Crippen LogP contribution < -0.4 is 0 Å². The molecule has 1 aliphatic carbocycles. The largest absolute Gasteiger partial charge is 0.256 e. The molecule has 0 N–H and O–H groups in total. The number of hydrogen-bond donors (Lipinski definition) is 0. The van der Waals surface area contributed by atoms with E-state index in [2.05, 4.69) is 80.4 Å². The highest BCUT2D eigenvalue weighted by atomic mass is 14.7. The minimum Gasteiger partial charge on any atom is -0.256 e. The first-order chi connectivity index (χ1) is 10.5. The van der Waals surface area contributed by atoms with Crippen LogP contribution in [0, 0.1) is 0 Å². The first kappa shape index (κ1) is 14.8. The molecule has 0 saturated carbocycles. The Balaban J connectivity index is 1.92. The van der Waals surface area contributed by atoms with E-state index in [-0.39, 0.29) is 5.41 Å². The Labute approximate surface area is 133 Å². The molecule has 0 unspecified atom stereocenters. The van der Waals surface area contributed by atoms with E-state index in [9.17, 15) is 0 Å². The van der Waals surface area contributed by atoms with Gasteiger partial charge in [-0.05, 0) is 47.1 Å². The van der Waals surface area contributed by atoms with Gasteiger partial charge in [0.1, 0.15) is 0 Å². The van der Waals surface area contributed by atoms with Crippen molar-refractivity contribution in [3.05, 3.63) is 72.0 Å². The molecule has 0 fully saturated rings. The number of allylic oxidation sites excluding steroid dienone is 4. The zero-order valence-corrected chi connectivity index (χ0v) is 13.6. The molecule has 0 bridgehead atoms. The van der Waals surface area contributed by atoms with Gasteiger partial charge in [0, 0.05) is 11.8 Å². The molecule has 2 aromatic rings. The number of hydrogen-bond acceptors (Lipinski definition) is 1. The van der Waals surface area contributed by atoms with E-state index in [1.54, 1.807) is 0 Å². The van der Waals surface area contributed by atoms with Gasteiger partial charge in [-0.2, -0.15) is 0 Å². The summed E-state index contributed by atoms with van der Waals surface area (Å²) in [5.74, 6) is 0. The third kappa shape index (κ3) is 3.19. The van der Waals surface area contributed by atoms with Crippen LogP contribution in [0.5, 0.6) is 0 Å². The summed E-state index contributed by atoms with van der Waals surface area (Å²) >= 11 is 0. The van der Waals surface area contributed by atoms with Gasteiger partial charge in [-0.15, -0.1) is 0 Å². The summed E-state index contributed by atoms with van der Waals surface area (Å²) < 4.78 is 0. The smallest absolute Gasteiger partial charge is 0.0702 e. The van der Waals surface area contributed by atoms with E-state index in [4.69, 9.17) is 0 Å². The average Bonchev–Trinajstić information content (AvgIpc) is 2.55. The van der Waals surface area contributed by atoms with Gasteiger partial charge in [-0.25, -0.2) is 0 Å². The van der Waals surface area contributed by atoms with Gasteiger partial charge >= 0.3 is 0 Å². The van der Waals surface area contributed by atoms with Crippen molar-refractivity contribution in [2.24, 2.45) is 0 Å². The van der Waals surface area contributed by atoms with Crippen LogP contribution in [0.2, 0.25) is 0 Å². The summed E-state index contributed by atoms with van der Waals surface area (Å²) in [6.45, 7) is 6.64. The Kier molecular flexibility index (Phi) is 3.98. The lowest BCUT2D eigenvalue weighted by Crippen LogP contribution is -2.11. The van der Waals surface area contributed by atoms with Crippen molar-refractivity contribution < 1.29 is 0 Å². The molecule has 1 nitrogen and oxygen atoms in total. The fraction of sp³-hybridized carbons (Fsp3) is 0.286. The van der Waals surface area contributed by atoms with Crippen LogP contribution in [0.4, 0.5) is 0 Å². The third-order valence-electron chi connectivity index (χ3n) is 4.12. The fourth-order valence-electron chi connectivity index (χ4n) is 2.69. The topological polar surface area (TPSA) is 12.9 Å². The van der Waals surface area contributed by atoms with E-state index in [1.807, 2.05) is 6.20 Å². The molecule has 22 heavy (non-hydrogen) atoms. The highest BCUT2D eigenvalue weighted by Gasteiger charge is 2.14. The summed E-state index contributed by atoms with van der Waals surface area (Å²) in [5, 5.41) is 0. The molecule has 1 aliphatic rings. The summed E-state index contributed by atoms with van der Waals surface area (Å²) in [4.78, 5) is 4.66. The predicted molar refractivity (Wildman–Crippen MR) is 94.7 cm³/mol. The van der Waals surface area contributed by atoms with E-state index in [0.717, 1.165) is 18.5 Å². The van der Waals surface area contributed by atoms with Gasteiger partial charge < -0.3 is 0 Å². The minimum absolute atomic E-state index is 0.144. The molecular formula is C21H23N. The van der Waals surface area contributed by atoms with Crippen molar-refractivity contribution >= 4 is 5.57 Å². The van der Waals surface area contributed by atoms with Crippen LogP contribution in [0.25, 0.3) is 16.8 Å². The standard InChI is InChI=1S/C21H23N/c1-21(2,3)19-12-13-20(22-15-19)18-11-7-10-17(14-18)16-8-5-4-6-9-16/h5,7-15H,4,6H2,1-3H3. The quantitative estimate of drug-likeness (QED) is 0.683. The van der Waals surface area contributed by atoms with Crippen molar-refractivity contribution in [1.29, 1.82) is 0 Å². The molecule has 1 heteroatoms. The highest BCUT2D eigenvalue weighted by molar-refractivity contribution is 5.77. The van der Waals surface area contributed by atoms with Crippen molar-refractivity contribution in [3.8, 4) is 11.3 Å². The Morgan fingerprint density at radius 3 is 2.41 bits per heavy atom. The molecule has 3 rings (SSSR count). The Morgan fingerprint density at radius 2 is 1.77 bits per heavy atom. The van der Waals surface area contributed by atoms with Gasteiger partial charge in [0.25, 0.3) is 0 Å². The van der Waals surface area contributed by atoms with Crippen LogP contribution in [0.15, 0.2) is 60.8 Å². The molecule has 0 saturated heterocycles. The van der Waals surface area contributed by atoms with E-state index in [1.165, 1.54) is 22.3 Å². The second kappa shape index (κ2) is 5.92. The van der Waals surface area contributed by atoms with Gasteiger partial charge in [0.2, 0.25) is 0 Å². The normalized spacial score (nSPS) is 14.8. The van der Waals surface area contributed by atoms with Gasteiger partial charge in [-0.3, -0.25) is 4.98 Å². The Hall–Kier alpha value is -2.15. The van der Waals surface area contributed by atoms with Crippen LogP contribution in [-0.4, -0.2) is 4.98 Å². The minimum atomic E-state index is 0.144. The average molecular weight is 289 g/mol. The van der Waals surface area contributed by atoms with Crippen molar-refractivity contribution in [2.45, 2.75) is 39.0 Å². The number of nitrogens with zero attached hydrogens (tertiary/aromatic N) is 1. The molecular weight excluding hydrogens is 266 g/mol. The maximum atomic E-state index is 4.66. The summed E-state index contributed by atoms with van der Waals surface area (Å²) in [7, 11) is 0. The molecule has 0 aliphatic heterocycles. The summed E-state index contributed by atoms with van der Waals surface area (Å²) in [6, 6.07) is 13.0.